The van der Waals surface area contributed by atoms with Crippen LogP contribution in [0.15, 0.2) is 48.5 Å². The maximum atomic E-state index is 12.8. The van der Waals surface area contributed by atoms with Crippen LogP contribution in [-0.4, -0.2) is 33.7 Å². The standard InChI is InChI=1S/C18H21ClN2O4S/c1-4-17(18(22)20-14-7-5-6-13(19)12-14)21(26(3,23)24)15-8-10-16(25-2)11-9-15/h5-12,17H,4H2,1-3H3,(H,20,22)/t17-/m0/s1. The van der Waals surface area contributed by atoms with E-state index in [0.29, 0.717) is 28.6 Å². The number of nitrogens with zero attached hydrogens (tertiary/aromatic N) is 1. The van der Waals surface area contributed by atoms with Gasteiger partial charge in [0.15, 0.2) is 0 Å². The van der Waals surface area contributed by atoms with E-state index in [9.17, 15) is 13.2 Å². The van der Waals surface area contributed by atoms with E-state index in [2.05, 4.69) is 5.32 Å². The topological polar surface area (TPSA) is 75.7 Å². The van der Waals surface area contributed by atoms with Gasteiger partial charge in [-0.15, -0.1) is 0 Å². The first kappa shape index (κ1) is 20.1. The predicted octanol–water partition coefficient (Wildman–Crippen LogP) is 3.53. The Bertz CT molecular complexity index is 869. The Balaban J connectivity index is 2.35. The Hall–Kier alpha value is -2.25. The van der Waals surface area contributed by atoms with Crippen molar-refractivity contribution in [1.29, 1.82) is 0 Å². The number of carbonyl (C=O) groups excluding carboxylic acids is 1. The van der Waals surface area contributed by atoms with Crippen molar-refractivity contribution in [2.24, 2.45) is 0 Å². The Morgan fingerprint density at radius 2 is 1.88 bits per heavy atom. The molecule has 0 unspecified atom stereocenters. The number of sulfonamides is 1. The molecule has 2 aromatic rings. The van der Waals surface area contributed by atoms with Crippen LogP contribution in [0.3, 0.4) is 0 Å². The van der Waals surface area contributed by atoms with Gasteiger partial charge >= 0.3 is 0 Å². The van der Waals surface area contributed by atoms with Crippen molar-refractivity contribution < 1.29 is 17.9 Å². The number of rotatable bonds is 7. The van der Waals surface area contributed by atoms with E-state index in [4.69, 9.17) is 16.3 Å². The highest BCUT2D eigenvalue weighted by Crippen LogP contribution is 2.26. The van der Waals surface area contributed by atoms with E-state index in [1.165, 1.54) is 7.11 Å². The molecule has 0 aliphatic rings. The van der Waals surface area contributed by atoms with Crippen LogP contribution in [0, 0.1) is 0 Å². The lowest BCUT2D eigenvalue weighted by molar-refractivity contribution is -0.117. The van der Waals surface area contributed by atoms with E-state index in [1.807, 2.05) is 0 Å². The lowest BCUT2D eigenvalue weighted by Crippen LogP contribution is -2.46. The molecule has 0 fully saturated rings. The highest BCUT2D eigenvalue weighted by atomic mass is 35.5. The summed E-state index contributed by atoms with van der Waals surface area (Å²) in [4.78, 5) is 12.8. The summed E-state index contributed by atoms with van der Waals surface area (Å²) in [7, 11) is -2.16. The molecule has 0 aliphatic heterocycles. The molecule has 1 atom stereocenters. The van der Waals surface area contributed by atoms with Crippen LogP contribution in [0.2, 0.25) is 5.02 Å². The third-order valence-electron chi connectivity index (χ3n) is 3.75. The van der Waals surface area contributed by atoms with Gasteiger partial charge in [-0.05, 0) is 48.9 Å². The summed E-state index contributed by atoms with van der Waals surface area (Å²) in [5.74, 6) is 0.162. The van der Waals surface area contributed by atoms with Gasteiger partial charge in [0.2, 0.25) is 15.9 Å². The molecule has 6 nitrogen and oxygen atoms in total. The number of methoxy groups -OCH3 is 1. The first-order valence-electron chi connectivity index (χ1n) is 7.96. The number of nitrogens with one attached hydrogen (secondary N) is 1. The van der Waals surface area contributed by atoms with Gasteiger partial charge in [0.25, 0.3) is 0 Å². The highest BCUT2D eigenvalue weighted by Gasteiger charge is 2.31. The van der Waals surface area contributed by atoms with Gasteiger partial charge in [-0.2, -0.15) is 0 Å². The van der Waals surface area contributed by atoms with Crippen LogP contribution >= 0.6 is 11.6 Å². The molecule has 0 bridgehead atoms. The zero-order valence-corrected chi connectivity index (χ0v) is 16.3. The third-order valence-corrected chi connectivity index (χ3v) is 5.16. The average molecular weight is 397 g/mol. The summed E-state index contributed by atoms with van der Waals surface area (Å²) in [5.41, 5.74) is 0.894. The molecule has 0 heterocycles. The maximum Gasteiger partial charge on any atom is 0.248 e. The lowest BCUT2D eigenvalue weighted by atomic mass is 10.1. The van der Waals surface area contributed by atoms with Crippen molar-refractivity contribution in [1.82, 2.24) is 0 Å². The number of amides is 1. The summed E-state index contributed by atoms with van der Waals surface area (Å²) in [6.07, 6.45) is 1.37. The summed E-state index contributed by atoms with van der Waals surface area (Å²) < 4.78 is 31.0. The predicted molar refractivity (Wildman–Crippen MR) is 104 cm³/mol. The molecule has 1 N–H and O–H groups in total. The first-order chi connectivity index (χ1) is 12.3. The molecule has 8 heteroatoms. The number of anilines is 2. The van der Waals surface area contributed by atoms with Gasteiger partial charge in [-0.3, -0.25) is 9.10 Å². The van der Waals surface area contributed by atoms with Crippen LogP contribution in [0.5, 0.6) is 5.75 Å². The van der Waals surface area contributed by atoms with Gasteiger partial charge in [0, 0.05) is 10.7 Å². The fourth-order valence-corrected chi connectivity index (χ4v) is 3.98. The normalized spacial score (nSPS) is 12.3. The van der Waals surface area contributed by atoms with Crippen molar-refractivity contribution >= 4 is 38.9 Å². The Kier molecular flexibility index (Phi) is 6.50. The second-order valence-electron chi connectivity index (χ2n) is 5.68. The molecule has 0 radical (unpaired) electrons. The minimum absolute atomic E-state index is 0.297. The molecule has 0 saturated carbocycles. The second kappa shape index (κ2) is 8.42. The van der Waals surface area contributed by atoms with E-state index in [0.717, 1.165) is 10.6 Å². The van der Waals surface area contributed by atoms with E-state index in [-0.39, 0.29) is 0 Å². The molecule has 0 saturated heterocycles. The number of ether oxygens (including phenoxy) is 1. The van der Waals surface area contributed by atoms with E-state index < -0.39 is 22.0 Å². The van der Waals surface area contributed by atoms with Gasteiger partial charge in [-0.25, -0.2) is 8.42 Å². The van der Waals surface area contributed by atoms with Crippen LogP contribution in [-0.2, 0) is 14.8 Å². The Morgan fingerprint density at radius 3 is 2.38 bits per heavy atom. The molecular weight excluding hydrogens is 376 g/mol. The molecule has 1 amide bonds. The summed E-state index contributed by atoms with van der Waals surface area (Å²) in [6, 6.07) is 12.3. The molecule has 26 heavy (non-hydrogen) atoms. The van der Waals surface area contributed by atoms with Crippen LogP contribution < -0.4 is 14.4 Å². The molecule has 0 aliphatic carbocycles. The molecule has 2 rings (SSSR count). The van der Waals surface area contributed by atoms with Crippen LogP contribution in [0.1, 0.15) is 13.3 Å². The monoisotopic (exact) mass is 396 g/mol. The van der Waals surface area contributed by atoms with Crippen LogP contribution in [0.25, 0.3) is 0 Å². The fourth-order valence-electron chi connectivity index (χ4n) is 2.58. The number of hydrogen-bond acceptors (Lipinski definition) is 4. The lowest BCUT2D eigenvalue weighted by Gasteiger charge is -2.30. The Labute approximate surface area is 158 Å². The van der Waals surface area contributed by atoms with Crippen molar-refractivity contribution in [2.75, 3.05) is 23.0 Å². The fraction of sp³-hybridized carbons (Fsp3) is 0.278. The minimum atomic E-state index is -3.69. The van der Waals surface area contributed by atoms with Gasteiger partial charge in [0.1, 0.15) is 11.8 Å². The molecule has 140 valence electrons. The largest absolute Gasteiger partial charge is 0.497 e. The number of halogens is 1. The van der Waals surface area contributed by atoms with Crippen molar-refractivity contribution in [3.05, 3.63) is 53.6 Å². The van der Waals surface area contributed by atoms with E-state index >= 15 is 0 Å². The zero-order chi connectivity index (χ0) is 19.3. The van der Waals surface area contributed by atoms with Gasteiger partial charge in [0.05, 0.1) is 19.1 Å². The quantitative estimate of drug-likeness (QED) is 0.776. The van der Waals surface area contributed by atoms with Gasteiger partial charge in [-0.1, -0.05) is 24.6 Å². The first-order valence-corrected chi connectivity index (χ1v) is 10.2. The van der Waals surface area contributed by atoms with Crippen molar-refractivity contribution in [3.8, 4) is 5.75 Å². The maximum absolute atomic E-state index is 12.8. The summed E-state index contributed by atoms with van der Waals surface area (Å²) in [6.45, 7) is 1.75. The zero-order valence-electron chi connectivity index (χ0n) is 14.8. The Morgan fingerprint density at radius 1 is 1.23 bits per heavy atom. The number of hydrogen-bond donors (Lipinski definition) is 1. The molecular formula is C18H21ClN2O4S. The van der Waals surface area contributed by atoms with Crippen LogP contribution in [0.4, 0.5) is 11.4 Å². The van der Waals surface area contributed by atoms with Crippen molar-refractivity contribution in [3.63, 3.8) is 0 Å². The van der Waals surface area contributed by atoms with Crippen molar-refractivity contribution in [2.45, 2.75) is 19.4 Å². The summed E-state index contributed by atoms with van der Waals surface area (Å²) in [5, 5.41) is 3.20. The molecule has 2 aromatic carbocycles. The average Bonchev–Trinajstić information content (AvgIpc) is 2.58. The molecule has 0 spiro atoms. The summed E-state index contributed by atoms with van der Waals surface area (Å²) >= 11 is 5.93. The third kappa shape index (κ3) is 4.89. The highest BCUT2D eigenvalue weighted by molar-refractivity contribution is 7.92. The minimum Gasteiger partial charge on any atom is -0.497 e. The number of carbonyl (C=O) groups is 1. The van der Waals surface area contributed by atoms with Gasteiger partial charge < -0.3 is 10.1 Å². The number of benzene rings is 2. The van der Waals surface area contributed by atoms with E-state index in [1.54, 1.807) is 55.5 Å². The smallest absolute Gasteiger partial charge is 0.248 e. The SMILES string of the molecule is CC[C@@H](C(=O)Nc1cccc(Cl)c1)N(c1ccc(OC)cc1)S(C)(=O)=O. The molecule has 0 aromatic heterocycles. The second-order valence-corrected chi connectivity index (χ2v) is 7.98.